The lowest BCUT2D eigenvalue weighted by molar-refractivity contribution is 0.0238. The first-order chi connectivity index (χ1) is 21.9. The van der Waals surface area contributed by atoms with Gasteiger partial charge in [-0.25, -0.2) is 18.4 Å². The fraction of sp³-hybridized carbons (Fsp3) is 0.400. The molecule has 2 atom stereocenters. The minimum atomic E-state index is -0.912. The van der Waals surface area contributed by atoms with Crippen LogP contribution in [-0.4, -0.2) is 73.6 Å². The SMILES string of the molecule is CCCN(CCC)C(=O)c1cc(C)cc(C(=O)O[C@H](CNCc2cccc(OC(=O)N(C)C)c2)[C@@H](N)Cc2cc(F)cc(F)c2)c1. The summed E-state index contributed by atoms with van der Waals surface area (Å²) in [5.74, 6) is -1.95. The molecule has 11 heteroatoms. The van der Waals surface area contributed by atoms with Gasteiger partial charge in [-0.05, 0) is 85.3 Å². The van der Waals surface area contributed by atoms with Crippen LogP contribution in [0.3, 0.4) is 0 Å². The maximum absolute atomic E-state index is 13.9. The van der Waals surface area contributed by atoms with Crippen LogP contribution in [0.15, 0.2) is 60.7 Å². The van der Waals surface area contributed by atoms with Crippen LogP contribution in [0.4, 0.5) is 13.6 Å². The highest BCUT2D eigenvalue weighted by molar-refractivity contribution is 5.98. The Labute approximate surface area is 269 Å². The summed E-state index contributed by atoms with van der Waals surface area (Å²) in [6.45, 7) is 7.42. The number of esters is 1. The van der Waals surface area contributed by atoms with E-state index in [4.69, 9.17) is 15.2 Å². The van der Waals surface area contributed by atoms with Crippen LogP contribution in [0.25, 0.3) is 0 Å². The first kappa shape index (κ1) is 36.1. The Morgan fingerprint density at radius 3 is 2.17 bits per heavy atom. The van der Waals surface area contributed by atoms with E-state index in [9.17, 15) is 23.2 Å². The lowest BCUT2D eigenvalue weighted by atomic mass is 10.0. The second kappa shape index (κ2) is 17.4. The Bertz CT molecular complexity index is 1470. The van der Waals surface area contributed by atoms with Crippen LogP contribution in [-0.2, 0) is 17.7 Å². The molecule has 0 unspecified atom stereocenters. The summed E-state index contributed by atoms with van der Waals surface area (Å²) in [6.07, 6.45) is 0.218. The molecule has 3 N–H and O–H groups in total. The van der Waals surface area contributed by atoms with E-state index in [0.717, 1.165) is 30.0 Å². The number of amides is 2. The summed E-state index contributed by atoms with van der Waals surface area (Å²) < 4.78 is 39.0. The summed E-state index contributed by atoms with van der Waals surface area (Å²) in [6, 6.07) is 14.2. The van der Waals surface area contributed by atoms with Gasteiger partial charge in [-0.1, -0.05) is 26.0 Å². The minimum Gasteiger partial charge on any atom is -0.456 e. The van der Waals surface area contributed by atoms with Crippen molar-refractivity contribution in [3.05, 3.63) is 100 Å². The number of carbonyl (C=O) groups is 3. The third kappa shape index (κ3) is 10.9. The zero-order valence-corrected chi connectivity index (χ0v) is 27.1. The van der Waals surface area contributed by atoms with Gasteiger partial charge in [-0.2, -0.15) is 0 Å². The third-order valence-corrected chi connectivity index (χ3v) is 7.11. The van der Waals surface area contributed by atoms with Gasteiger partial charge in [0.25, 0.3) is 5.91 Å². The summed E-state index contributed by atoms with van der Waals surface area (Å²) in [5.41, 5.74) is 8.90. The maximum Gasteiger partial charge on any atom is 0.414 e. The lowest BCUT2D eigenvalue weighted by Gasteiger charge is -2.25. The zero-order chi connectivity index (χ0) is 33.8. The molecule has 46 heavy (non-hydrogen) atoms. The van der Waals surface area contributed by atoms with E-state index in [0.29, 0.717) is 36.5 Å². The number of benzene rings is 3. The van der Waals surface area contributed by atoms with E-state index in [2.05, 4.69) is 5.32 Å². The number of carbonyl (C=O) groups excluding carboxylic acids is 3. The Morgan fingerprint density at radius 2 is 1.54 bits per heavy atom. The van der Waals surface area contributed by atoms with Gasteiger partial charge in [0.2, 0.25) is 0 Å². The zero-order valence-electron chi connectivity index (χ0n) is 27.1. The summed E-state index contributed by atoms with van der Waals surface area (Å²) in [5, 5.41) is 3.22. The van der Waals surface area contributed by atoms with Gasteiger partial charge in [0.1, 0.15) is 23.5 Å². The van der Waals surface area contributed by atoms with Crippen LogP contribution in [0.1, 0.15) is 64.1 Å². The molecule has 0 saturated carbocycles. The Hall–Kier alpha value is -4.35. The van der Waals surface area contributed by atoms with Crippen molar-refractivity contribution in [3.63, 3.8) is 0 Å². The largest absolute Gasteiger partial charge is 0.456 e. The summed E-state index contributed by atoms with van der Waals surface area (Å²) in [7, 11) is 3.17. The van der Waals surface area contributed by atoms with E-state index >= 15 is 0 Å². The van der Waals surface area contributed by atoms with Crippen molar-refractivity contribution in [2.24, 2.45) is 5.73 Å². The second-order valence-corrected chi connectivity index (χ2v) is 11.5. The Morgan fingerprint density at radius 1 is 0.891 bits per heavy atom. The highest BCUT2D eigenvalue weighted by atomic mass is 19.1. The van der Waals surface area contributed by atoms with Gasteiger partial charge in [0, 0.05) is 57.9 Å². The van der Waals surface area contributed by atoms with Gasteiger partial charge >= 0.3 is 12.1 Å². The number of nitrogens with one attached hydrogen (secondary N) is 1. The number of aryl methyl sites for hydroxylation is 1. The van der Waals surface area contributed by atoms with E-state index in [1.54, 1.807) is 56.3 Å². The summed E-state index contributed by atoms with van der Waals surface area (Å²) in [4.78, 5) is 41.8. The van der Waals surface area contributed by atoms with Crippen molar-refractivity contribution in [3.8, 4) is 5.75 Å². The number of halogens is 2. The quantitative estimate of drug-likeness (QED) is 0.212. The van der Waals surface area contributed by atoms with E-state index < -0.39 is 35.8 Å². The first-order valence-corrected chi connectivity index (χ1v) is 15.4. The molecule has 0 radical (unpaired) electrons. The highest BCUT2D eigenvalue weighted by Crippen LogP contribution is 2.18. The predicted molar refractivity (Wildman–Crippen MR) is 173 cm³/mol. The lowest BCUT2D eigenvalue weighted by Crippen LogP contribution is -2.46. The first-order valence-electron chi connectivity index (χ1n) is 15.4. The number of rotatable bonds is 15. The van der Waals surface area contributed by atoms with Crippen LogP contribution < -0.4 is 15.8 Å². The van der Waals surface area contributed by atoms with Crippen LogP contribution in [0, 0.1) is 18.6 Å². The van der Waals surface area contributed by atoms with Gasteiger partial charge in [0.15, 0.2) is 0 Å². The van der Waals surface area contributed by atoms with Gasteiger partial charge in [-0.15, -0.1) is 0 Å². The Balaban J connectivity index is 1.80. The molecular formula is C35H44F2N4O5. The van der Waals surface area contributed by atoms with Crippen molar-refractivity contribution in [2.75, 3.05) is 33.7 Å². The summed E-state index contributed by atoms with van der Waals surface area (Å²) >= 11 is 0. The fourth-order valence-corrected chi connectivity index (χ4v) is 4.95. The van der Waals surface area contributed by atoms with Crippen molar-refractivity contribution < 1.29 is 32.6 Å². The molecule has 0 saturated heterocycles. The van der Waals surface area contributed by atoms with Gasteiger partial charge in [0.05, 0.1) is 5.56 Å². The maximum atomic E-state index is 13.9. The molecule has 0 aliphatic rings. The molecule has 0 heterocycles. The number of ether oxygens (including phenoxy) is 2. The normalized spacial score (nSPS) is 12.3. The average molecular weight is 639 g/mol. The molecule has 0 spiro atoms. The highest BCUT2D eigenvalue weighted by Gasteiger charge is 2.25. The third-order valence-electron chi connectivity index (χ3n) is 7.11. The van der Waals surface area contributed by atoms with Crippen molar-refractivity contribution >= 4 is 18.0 Å². The van der Waals surface area contributed by atoms with E-state index in [-0.39, 0.29) is 24.4 Å². The van der Waals surface area contributed by atoms with Crippen molar-refractivity contribution in [2.45, 2.75) is 58.7 Å². The van der Waals surface area contributed by atoms with Crippen LogP contribution in [0.2, 0.25) is 0 Å². The second-order valence-electron chi connectivity index (χ2n) is 11.5. The molecule has 3 aromatic carbocycles. The molecular weight excluding hydrogens is 594 g/mol. The van der Waals surface area contributed by atoms with Crippen molar-refractivity contribution in [1.82, 2.24) is 15.1 Å². The molecule has 3 rings (SSSR count). The van der Waals surface area contributed by atoms with Crippen LogP contribution in [0.5, 0.6) is 5.75 Å². The number of nitrogens with two attached hydrogens (primary N) is 1. The topological polar surface area (TPSA) is 114 Å². The minimum absolute atomic E-state index is 0.0326. The average Bonchev–Trinajstić information content (AvgIpc) is 2.99. The molecule has 0 aliphatic carbocycles. The molecule has 3 aromatic rings. The van der Waals surface area contributed by atoms with Gasteiger partial charge in [-0.3, -0.25) is 4.79 Å². The fourth-order valence-electron chi connectivity index (χ4n) is 4.95. The predicted octanol–water partition coefficient (Wildman–Crippen LogP) is 5.48. The number of nitrogens with zero attached hydrogens (tertiary/aromatic N) is 2. The monoisotopic (exact) mass is 638 g/mol. The Kier molecular flexibility index (Phi) is 13.6. The van der Waals surface area contributed by atoms with E-state index in [1.165, 1.54) is 23.1 Å². The van der Waals surface area contributed by atoms with E-state index in [1.807, 2.05) is 19.9 Å². The smallest absolute Gasteiger partial charge is 0.414 e. The molecule has 0 bridgehead atoms. The number of hydrogen-bond donors (Lipinski definition) is 2. The molecule has 9 nitrogen and oxygen atoms in total. The van der Waals surface area contributed by atoms with Crippen LogP contribution >= 0.6 is 0 Å². The standard InChI is InChI=1S/C35H44F2N4O5/c1-6-11-41(12-7-2)33(42)26-13-23(3)14-27(19-26)34(43)46-32(31(38)18-25-15-28(36)20-29(37)16-25)22-39-21-24-9-8-10-30(17-24)45-35(44)40(4)5/h8-10,13-17,19-20,31-32,39H,6-7,11-12,18,21-22,38H2,1-5H3/t31-,32+/m0/s1. The van der Waals surface area contributed by atoms with Crippen molar-refractivity contribution in [1.29, 1.82) is 0 Å². The van der Waals surface area contributed by atoms with Gasteiger partial charge < -0.3 is 30.3 Å². The molecule has 2 amide bonds. The molecule has 0 fully saturated rings. The number of hydrogen-bond acceptors (Lipinski definition) is 7. The molecule has 0 aromatic heterocycles. The molecule has 248 valence electrons. The molecule has 0 aliphatic heterocycles.